The first kappa shape index (κ1) is 27.0. The van der Waals surface area contributed by atoms with Crippen molar-refractivity contribution in [3.05, 3.63) is 83.9 Å². The van der Waals surface area contributed by atoms with Crippen molar-refractivity contribution >= 4 is 29.2 Å². The highest BCUT2D eigenvalue weighted by molar-refractivity contribution is 6.09. The number of carbonyl (C=O) groups excluding carboxylic acids is 3. The van der Waals surface area contributed by atoms with Gasteiger partial charge in [-0.2, -0.15) is 0 Å². The lowest BCUT2D eigenvalue weighted by atomic mass is 10.0. The van der Waals surface area contributed by atoms with E-state index >= 15 is 0 Å². The van der Waals surface area contributed by atoms with Crippen LogP contribution in [0.3, 0.4) is 0 Å². The number of amides is 2. The zero-order valence-corrected chi connectivity index (χ0v) is 21.7. The Morgan fingerprint density at radius 3 is 2.21 bits per heavy atom. The molecule has 0 saturated carbocycles. The SMILES string of the molecule is CC(C)(C)OC(=O)CN(C(=O)c1c(F)cccc1F)c1cccc(-c2cccc(N3CCCCC3=O)c2)c1. The van der Waals surface area contributed by atoms with Gasteiger partial charge in [-0.05, 0) is 81.1 Å². The van der Waals surface area contributed by atoms with E-state index < -0.39 is 41.2 Å². The van der Waals surface area contributed by atoms with Crippen molar-refractivity contribution in [2.24, 2.45) is 0 Å². The molecule has 0 aromatic heterocycles. The zero-order valence-electron chi connectivity index (χ0n) is 21.7. The first-order valence-electron chi connectivity index (χ1n) is 12.5. The molecular formula is C30H30F2N2O4. The van der Waals surface area contributed by atoms with Crippen molar-refractivity contribution in [1.82, 2.24) is 0 Å². The molecule has 6 nitrogen and oxygen atoms in total. The molecule has 198 valence electrons. The van der Waals surface area contributed by atoms with Crippen LogP contribution in [0, 0.1) is 11.6 Å². The van der Waals surface area contributed by atoms with Gasteiger partial charge in [-0.1, -0.05) is 30.3 Å². The van der Waals surface area contributed by atoms with Crippen LogP contribution in [0.1, 0.15) is 50.4 Å². The number of piperidine rings is 1. The summed E-state index contributed by atoms with van der Waals surface area (Å²) in [5.41, 5.74) is 0.943. The van der Waals surface area contributed by atoms with Crippen molar-refractivity contribution < 1.29 is 27.9 Å². The second-order valence-electron chi connectivity index (χ2n) is 10.2. The van der Waals surface area contributed by atoms with E-state index in [-0.39, 0.29) is 11.6 Å². The van der Waals surface area contributed by atoms with Gasteiger partial charge in [0.2, 0.25) is 5.91 Å². The summed E-state index contributed by atoms with van der Waals surface area (Å²) >= 11 is 0. The van der Waals surface area contributed by atoms with Gasteiger partial charge in [0.25, 0.3) is 5.91 Å². The van der Waals surface area contributed by atoms with Gasteiger partial charge < -0.3 is 9.64 Å². The minimum atomic E-state index is -1.03. The smallest absolute Gasteiger partial charge is 0.326 e. The van der Waals surface area contributed by atoms with Crippen LogP contribution in [0.4, 0.5) is 20.2 Å². The fraction of sp³-hybridized carbons (Fsp3) is 0.300. The quantitative estimate of drug-likeness (QED) is 0.367. The Labute approximate surface area is 220 Å². The molecule has 4 rings (SSSR count). The van der Waals surface area contributed by atoms with Gasteiger partial charge in [0.05, 0.1) is 0 Å². The van der Waals surface area contributed by atoms with E-state index in [0.29, 0.717) is 18.5 Å². The molecule has 1 saturated heterocycles. The van der Waals surface area contributed by atoms with E-state index in [1.165, 1.54) is 6.07 Å². The van der Waals surface area contributed by atoms with Gasteiger partial charge in [-0.15, -0.1) is 0 Å². The molecule has 0 bridgehead atoms. The molecule has 1 fully saturated rings. The normalized spacial score (nSPS) is 13.8. The van der Waals surface area contributed by atoms with E-state index in [4.69, 9.17) is 4.74 Å². The van der Waals surface area contributed by atoms with Crippen LogP contribution >= 0.6 is 0 Å². The summed E-state index contributed by atoms with van der Waals surface area (Å²) in [5.74, 6) is -3.71. The summed E-state index contributed by atoms with van der Waals surface area (Å²) in [4.78, 5) is 41.3. The molecule has 0 radical (unpaired) electrons. The second kappa shape index (κ2) is 11.1. The lowest BCUT2D eigenvalue weighted by molar-refractivity contribution is -0.152. The van der Waals surface area contributed by atoms with Crippen LogP contribution < -0.4 is 9.80 Å². The molecule has 1 heterocycles. The Kier molecular flexibility index (Phi) is 7.90. The molecule has 38 heavy (non-hydrogen) atoms. The number of anilines is 2. The Morgan fingerprint density at radius 1 is 0.921 bits per heavy atom. The molecule has 2 amide bonds. The van der Waals surface area contributed by atoms with E-state index in [9.17, 15) is 23.2 Å². The Hall–Kier alpha value is -4.07. The third-order valence-corrected chi connectivity index (χ3v) is 6.10. The fourth-order valence-corrected chi connectivity index (χ4v) is 4.41. The topological polar surface area (TPSA) is 66.9 Å². The van der Waals surface area contributed by atoms with E-state index in [1.54, 1.807) is 43.9 Å². The van der Waals surface area contributed by atoms with Gasteiger partial charge in [-0.3, -0.25) is 19.3 Å². The number of ether oxygens (including phenoxy) is 1. The molecule has 0 unspecified atom stereocenters. The van der Waals surface area contributed by atoms with Gasteiger partial charge in [0.15, 0.2) is 0 Å². The number of carbonyl (C=O) groups is 3. The number of benzene rings is 3. The van der Waals surface area contributed by atoms with Crippen LogP contribution in [0.2, 0.25) is 0 Å². The van der Waals surface area contributed by atoms with Crippen LogP contribution in [-0.4, -0.2) is 36.5 Å². The molecule has 0 spiro atoms. The van der Waals surface area contributed by atoms with Gasteiger partial charge in [0, 0.05) is 24.3 Å². The number of esters is 1. The zero-order chi connectivity index (χ0) is 27.4. The number of rotatable bonds is 6. The summed E-state index contributed by atoms with van der Waals surface area (Å²) < 4.78 is 34.5. The Morgan fingerprint density at radius 2 is 1.55 bits per heavy atom. The number of halogens is 2. The summed E-state index contributed by atoms with van der Waals surface area (Å²) in [5, 5.41) is 0. The molecule has 8 heteroatoms. The molecule has 1 aliphatic rings. The second-order valence-corrected chi connectivity index (χ2v) is 10.2. The minimum absolute atomic E-state index is 0.0724. The third kappa shape index (κ3) is 6.25. The van der Waals surface area contributed by atoms with Crippen LogP contribution in [0.25, 0.3) is 11.1 Å². The standard InChI is InChI=1S/C30H30F2N2O4/c1-30(2,3)38-27(36)19-34(29(37)28-24(31)13-8-14-25(28)32)23-12-7-10-21(18-23)20-9-6-11-22(17-20)33-16-5-4-15-26(33)35/h6-14,17-18H,4-5,15-16,19H2,1-3H3. The summed E-state index contributed by atoms with van der Waals surface area (Å²) in [6, 6.07) is 17.4. The van der Waals surface area contributed by atoms with Crippen molar-refractivity contribution in [3.63, 3.8) is 0 Å². The monoisotopic (exact) mass is 520 g/mol. The number of nitrogens with zero attached hydrogens (tertiary/aromatic N) is 2. The van der Waals surface area contributed by atoms with E-state index in [1.807, 2.05) is 30.3 Å². The highest BCUT2D eigenvalue weighted by atomic mass is 19.1. The summed E-state index contributed by atoms with van der Waals surface area (Å²) in [7, 11) is 0. The highest BCUT2D eigenvalue weighted by Gasteiger charge is 2.28. The molecule has 0 aliphatic carbocycles. The van der Waals surface area contributed by atoms with Gasteiger partial charge in [-0.25, -0.2) is 8.78 Å². The van der Waals surface area contributed by atoms with E-state index in [2.05, 4.69) is 0 Å². The maximum atomic E-state index is 14.5. The third-order valence-electron chi connectivity index (χ3n) is 6.10. The molecule has 3 aromatic rings. The summed E-state index contributed by atoms with van der Waals surface area (Å²) in [6.07, 6.45) is 2.31. The molecule has 1 aliphatic heterocycles. The maximum Gasteiger partial charge on any atom is 0.326 e. The maximum absolute atomic E-state index is 14.5. The molecule has 0 atom stereocenters. The van der Waals surface area contributed by atoms with Crippen LogP contribution in [0.5, 0.6) is 0 Å². The van der Waals surface area contributed by atoms with Crippen molar-refractivity contribution in [3.8, 4) is 11.1 Å². The summed E-state index contributed by atoms with van der Waals surface area (Å²) in [6.45, 7) is 5.17. The lowest BCUT2D eigenvalue weighted by Gasteiger charge is -2.27. The predicted octanol–water partition coefficient (Wildman–Crippen LogP) is 6.14. The largest absolute Gasteiger partial charge is 0.459 e. The van der Waals surface area contributed by atoms with E-state index in [0.717, 1.165) is 41.1 Å². The van der Waals surface area contributed by atoms with Crippen molar-refractivity contribution in [1.29, 1.82) is 0 Å². The number of hydrogen-bond acceptors (Lipinski definition) is 4. The average molecular weight is 521 g/mol. The van der Waals surface area contributed by atoms with Gasteiger partial charge in [0.1, 0.15) is 29.3 Å². The van der Waals surface area contributed by atoms with Gasteiger partial charge >= 0.3 is 5.97 Å². The Bertz CT molecular complexity index is 1350. The first-order chi connectivity index (χ1) is 18.0. The molecular weight excluding hydrogens is 490 g/mol. The predicted molar refractivity (Wildman–Crippen MR) is 142 cm³/mol. The van der Waals surface area contributed by atoms with Crippen molar-refractivity contribution in [2.75, 3.05) is 22.9 Å². The highest BCUT2D eigenvalue weighted by Crippen LogP contribution is 2.30. The number of hydrogen-bond donors (Lipinski definition) is 0. The first-order valence-corrected chi connectivity index (χ1v) is 12.5. The minimum Gasteiger partial charge on any atom is -0.459 e. The van der Waals surface area contributed by atoms with Crippen LogP contribution in [-0.2, 0) is 14.3 Å². The van der Waals surface area contributed by atoms with Crippen LogP contribution in [0.15, 0.2) is 66.7 Å². The molecule has 0 N–H and O–H groups in total. The fourth-order valence-electron chi connectivity index (χ4n) is 4.41. The lowest BCUT2D eigenvalue weighted by Crippen LogP contribution is -2.39. The Balaban J connectivity index is 1.72. The molecule has 3 aromatic carbocycles. The average Bonchev–Trinajstić information content (AvgIpc) is 2.86. The van der Waals surface area contributed by atoms with Crippen molar-refractivity contribution in [2.45, 2.75) is 45.6 Å².